The molecule has 4 heteroatoms. The number of carbonyl (C=O) groups is 2. The second-order valence-electron chi connectivity index (χ2n) is 2.05. The van der Waals surface area contributed by atoms with Crippen molar-refractivity contribution < 1.29 is 9.59 Å². The van der Waals surface area contributed by atoms with E-state index in [4.69, 9.17) is 0 Å². The topological polar surface area (TPSA) is 58.2 Å². The van der Waals surface area contributed by atoms with E-state index in [-0.39, 0.29) is 11.8 Å². The van der Waals surface area contributed by atoms with E-state index in [2.05, 4.69) is 17.2 Å². The fourth-order valence-electron chi connectivity index (χ4n) is 0.554. The summed E-state index contributed by atoms with van der Waals surface area (Å²) in [6.45, 7) is 4.85. The number of hydrogen-bond acceptors (Lipinski definition) is 2. The van der Waals surface area contributed by atoms with Gasteiger partial charge in [-0.15, -0.1) is 0 Å². The molecule has 0 fully saturated rings. The predicted molar refractivity (Wildman–Crippen MR) is 41.9 cm³/mol. The van der Waals surface area contributed by atoms with E-state index in [1.165, 1.54) is 7.05 Å². The molecule has 0 heterocycles. The van der Waals surface area contributed by atoms with E-state index >= 15 is 0 Å². The summed E-state index contributed by atoms with van der Waals surface area (Å²) in [6.07, 6.45) is 1.12. The molecule has 2 N–H and O–H groups in total. The first-order valence-electron chi connectivity index (χ1n) is 3.26. The lowest BCUT2D eigenvalue weighted by Gasteiger charge is -2.09. The minimum Gasteiger partial charge on any atom is -0.357 e. The third-order valence-electron chi connectivity index (χ3n) is 1.18. The average Bonchev–Trinajstić information content (AvgIpc) is 2.02. The highest BCUT2D eigenvalue weighted by atomic mass is 16.2. The minimum atomic E-state index is -0.509. The van der Waals surface area contributed by atoms with E-state index < -0.39 is 6.04 Å². The Hall–Kier alpha value is -1.32. The number of nitrogens with one attached hydrogen (secondary N) is 2. The fourth-order valence-corrected chi connectivity index (χ4v) is 0.554. The molecule has 0 rings (SSSR count). The Kier molecular flexibility index (Phi) is 3.95. The van der Waals surface area contributed by atoms with Crippen molar-refractivity contribution >= 4 is 11.8 Å². The summed E-state index contributed by atoms with van der Waals surface area (Å²) in [5, 5.41) is 4.82. The molecule has 0 aromatic heterocycles. The SMILES string of the molecule is C=CC(=O)NC(C)C(=O)NC. The van der Waals surface area contributed by atoms with Gasteiger partial charge in [0.15, 0.2) is 0 Å². The molecule has 0 aromatic carbocycles. The largest absolute Gasteiger partial charge is 0.357 e. The number of carbonyl (C=O) groups excluding carboxylic acids is 2. The van der Waals surface area contributed by atoms with Crippen LogP contribution in [0, 0.1) is 0 Å². The van der Waals surface area contributed by atoms with Crippen LogP contribution in [0.3, 0.4) is 0 Å². The van der Waals surface area contributed by atoms with Gasteiger partial charge in [-0.05, 0) is 13.0 Å². The first-order chi connectivity index (χ1) is 5.11. The number of hydrogen-bond donors (Lipinski definition) is 2. The average molecular weight is 156 g/mol. The molecule has 0 aromatic rings. The van der Waals surface area contributed by atoms with Crippen LogP contribution >= 0.6 is 0 Å². The molecule has 1 unspecified atom stereocenters. The molecule has 0 radical (unpaired) electrons. The van der Waals surface area contributed by atoms with Crippen LogP contribution in [0.15, 0.2) is 12.7 Å². The lowest BCUT2D eigenvalue weighted by molar-refractivity contribution is -0.126. The van der Waals surface area contributed by atoms with Gasteiger partial charge in [-0.2, -0.15) is 0 Å². The maximum Gasteiger partial charge on any atom is 0.244 e. The standard InChI is InChI=1S/C7H12N2O2/c1-4-6(10)9-5(2)7(11)8-3/h4-5H,1H2,2-3H3,(H,8,11)(H,9,10). The summed E-state index contributed by atoms with van der Waals surface area (Å²) in [7, 11) is 1.51. The summed E-state index contributed by atoms with van der Waals surface area (Å²) in [5.74, 6) is -0.568. The van der Waals surface area contributed by atoms with Gasteiger partial charge in [0.25, 0.3) is 0 Å². The third-order valence-corrected chi connectivity index (χ3v) is 1.18. The number of likely N-dealkylation sites (N-methyl/N-ethyl adjacent to an activating group) is 1. The van der Waals surface area contributed by atoms with E-state index in [1.807, 2.05) is 0 Å². The molecule has 0 saturated carbocycles. The Morgan fingerprint density at radius 2 is 2.09 bits per heavy atom. The van der Waals surface area contributed by atoms with Gasteiger partial charge in [0.05, 0.1) is 0 Å². The van der Waals surface area contributed by atoms with E-state index in [0.717, 1.165) is 6.08 Å². The highest BCUT2D eigenvalue weighted by Gasteiger charge is 2.10. The molecule has 62 valence electrons. The van der Waals surface area contributed by atoms with E-state index in [9.17, 15) is 9.59 Å². The lowest BCUT2D eigenvalue weighted by Crippen LogP contribution is -2.42. The molecule has 0 aliphatic carbocycles. The molecule has 0 bridgehead atoms. The smallest absolute Gasteiger partial charge is 0.244 e. The van der Waals surface area contributed by atoms with Crippen LogP contribution < -0.4 is 10.6 Å². The van der Waals surface area contributed by atoms with Crippen molar-refractivity contribution in [3.8, 4) is 0 Å². The summed E-state index contributed by atoms with van der Waals surface area (Å²) < 4.78 is 0. The van der Waals surface area contributed by atoms with Crippen molar-refractivity contribution in [3.05, 3.63) is 12.7 Å². The van der Waals surface area contributed by atoms with E-state index in [1.54, 1.807) is 6.92 Å². The van der Waals surface area contributed by atoms with Gasteiger partial charge < -0.3 is 10.6 Å². The molecule has 0 aliphatic rings. The summed E-state index contributed by atoms with van der Waals surface area (Å²) in [5.41, 5.74) is 0. The fraction of sp³-hybridized carbons (Fsp3) is 0.429. The van der Waals surface area contributed by atoms with Crippen LogP contribution in [0.4, 0.5) is 0 Å². The van der Waals surface area contributed by atoms with Crippen LogP contribution in [0.5, 0.6) is 0 Å². The third kappa shape index (κ3) is 3.40. The van der Waals surface area contributed by atoms with Crippen LogP contribution in [-0.4, -0.2) is 24.9 Å². The molecule has 4 nitrogen and oxygen atoms in total. The van der Waals surface area contributed by atoms with Crippen molar-refractivity contribution in [2.75, 3.05) is 7.05 Å². The highest BCUT2D eigenvalue weighted by molar-refractivity contribution is 5.92. The molecule has 2 amide bonds. The first-order valence-corrected chi connectivity index (χ1v) is 3.26. The second kappa shape index (κ2) is 4.49. The van der Waals surface area contributed by atoms with Crippen LogP contribution in [0.2, 0.25) is 0 Å². The highest BCUT2D eigenvalue weighted by Crippen LogP contribution is 1.80. The number of amides is 2. The molecule has 0 saturated heterocycles. The molecule has 1 atom stereocenters. The van der Waals surface area contributed by atoms with Crippen LogP contribution in [-0.2, 0) is 9.59 Å². The predicted octanol–water partition coefficient (Wildman–Crippen LogP) is -0.577. The van der Waals surface area contributed by atoms with Gasteiger partial charge in [0, 0.05) is 7.05 Å². The monoisotopic (exact) mass is 156 g/mol. The van der Waals surface area contributed by atoms with Crippen LogP contribution in [0.1, 0.15) is 6.92 Å². The second-order valence-corrected chi connectivity index (χ2v) is 2.05. The maximum atomic E-state index is 10.8. The first kappa shape index (κ1) is 9.68. The Labute approximate surface area is 65.7 Å². The van der Waals surface area contributed by atoms with Crippen molar-refractivity contribution in [2.45, 2.75) is 13.0 Å². The molecular formula is C7H12N2O2. The van der Waals surface area contributed by atoms with Crippen molar-refractivity contribution in [1.29, 1.82) is 0 Å². The van der Waals surface area contributed by atoms with Gasteiger partial charge in [-0.1, -0.05) is 6.58 Å². The van der Waals surface area contributed by atoms with Gasteiger partial charge in [0.2, 0.25) is 11.8 Å². The zero-order valence-corrected chi connectivity index (χ0v) is 6.68. The Morgan fingerprint density at radius 3 is 2.45 bits per heavy atom. The lowest BCUT2D eigenvalue weighted by atomic mass is 10.3. The Bertz CT molecular complexity index is 177. The molecule has 0 aliphatic heterocycles. The van der Waals surface area contributed by atoms with Crippen LogP contribution in [0.25, 0.3) is 0 Å². The van der Waals surface area contributed by atoms with Crippen molar-refractivity contribution in [1.82, 2.24) is 10.6 Å². The van der Waals surface area contributed by atoms with E-state index in [0.29, 0.717) is 0 Å². The Balaban J connectivity index is 3.86. The molecular weight excluding hydrogens is 144 g/mol. The van der Waals surface area contributed by atoms with Gasteiger partial charge in [-0.3, -0.25) is 9.59 Å². The molecule has 11 heavy (non-hydrogen) atoms. The Morgan fingerprint density at radius 1 is 1.55 bits per heavy atom. The zero-order chi connectivity index (χ0) is 8.85. The van der Waals surface area contributed by atoms with Gasteiger partial charge in [-0.25, -0.2) is 0 Å². The quantitative estimate of drug-likeness (QED) is 0.537. The van der Waals surface area contributed by atoms with Crippen molar-refractivity contribution in [2.24, 2.45) is 0 Å². The van der Waals surface area contributed by atoms with Gasteiger partial charge >= 0.3 is 0 Å². The van der Waals surface area contributed by atoms with Gasteiger partial charge in [0.1, 0.15) is 6.04 Å². The maximum absolute atomic E-state index is 10.8. The zero-order valence-electron chi connectivity index (χ0n) is 6.68. The summed E-state index contributed by atoms with van der Waals surface area (Å²) in [6, 6.07) is -0.509. The molecule has 0 spiro atoms. The van der Waals surface area contributed by atoms with Crippen molar-refractivity contribution in [3.63, 3.8) is 0 Å². The normalized spacial score (nSPS) is 11.5. The number of rotatable bonds is 3. The minimum absolute atomic E-state index is 0.222. The summed E-state index contributed by atoms with van der Waals surface area (Å²) >= 11 is 0. The summed E-state index contributed by atoms with van der Waals surface area (Å²) in [4.78, 5) is 21.4.